The van der Waals surface area contributed by atoms with Crippen molar-refractivity contribution in [2.45, 2.75) is 32.3 Å². The Morgan fingerprint density at radius 2 is 2.00 bits per heavy atom. The largest absolute Gasteiger partial charge is 0.378 e. The van der Waals surface area contributed by atoms with E-state index in [4.69, 9.17) is 10.5 Å². The molecule has 0 saturated carbocycles. The van der Waals surface area contributed by atoms with E-state index in [1.54, 1.807) is 25.1 Å². The maximum absolute atomic E-state index is 12.9. The van der Waals surface area contributed by atoms with E-state index in [2.05, 4.69) is 0 Å². The van der Waals surface area contributed by atoms with Crippen molar-refractivity contribution in [3.63, 3.8) is 0 Å². The van der Waals surface area contributed by atoms with Gasteiger partial charge in [-0.25, -0.2) is 4.39 Å². The highest BCUT2D eigenvalue weighted by Gasteiger charge is 2.23. The lowest BCUT2D eigenvalue weighted by Crippen LogP contribution is -2.41. The van der Waals surface area contributed by atoms with Gasteiger partial charge in [-0.1, -0.05) is 12.1 Å². The molecule has 0 aliphatic carbocycles. The number of carbonyl (C=O) groups is 1. The van der Waals surface area contributed by atoms with Crippen molar-refractivity contribution >= 4 is 12.0 Å². The van der Waals surface area contributed by atoms with E-state index in [1.165, 1.54) is 12.1 Å². The Labute approximate surface area is 137 Å². The Morgan fingerprint density at radius 3 is 2.61 bits per heavy atom. The molecule has 1 saturated heterocycles. The van der Waals surface area contributed by atoms with Crippen LogP contribution in [0.5, 0.6) is 0 Å². The molecule has 0 atom stereocenters. The number of halogens is 1. The molecule has 0 bridgehead atoms. The van der Waals surface area contributed by atoms with Crippen molar-refractivity contribution < 1.29 is 13.9 Å². The van der Waals surface area contributed by atoms with Gasteiger partial charge in [-0.05, 0) is 56.5 Å². The topological polar surface area (TPSA) is 55.6 Å². The number of carbonyl (C=O) groups excluding carboxylic acids is 1. The van der Waals surface area contributed by atoms with Crippen LogP contribution in [-0.4, -0.2) is 43.2 Å². The molecular weight excluding hydrogens is 295 g/mol. The molecule has 1 aliphatic heterocycles. The van der Waals surface area contributed by atoms with Gasteiger partial charge in [-0.3, -0.25) is 4.79 Å². The third kappa shape index (κ3) is 5.44. The monoisotopic (exact) mass is 320 g/mol. The van der Waals surface area contributed by atoms with E-state index < -0.39 is 0 Å². The molecule has 1 fully saturated rings. The van der Waals surface area contributed by atoms with Gasteiger partial charge < -0.3 is 15.4 Å². The molecular formula is C18H25FN2O2. The number of benzene rings is 1. The minimum absolute atomic E-state index is 0.0368. The molecule has 1 amide bonds. The summed E-state index contributed by atoms with van der Waals surface area (Å²) in [7, 11) is 0. The van der Waals surface area contributed by atoms with Crippen LogP contribution >= 0.6 is 0 Å². The minimum Gasteiger partial charge on any atom is -0.378 e. The van der Waals surface area contributed by atoms with Gasteiger partial charge in [0.15, 0.2) is 0 Å². The smallest absolute Gasteiger partial charge is 0.249 e. The highest BCUT2D eigenvalue weighted by molar-refractivity contribution is 5.97. The zero-order valence-corrected chi connectivity index (χ0v) is 13.6. The molecule has 0 aromatic heterocycles. The van der Waals surface area contributed by atoms with Crippen molar-refractivity contribution in [3.8, 4) is 0 Å². The van der Waals surface area contributed by atoms with Crippen molar-refractivity contribution in [1.29, 1.82) is 0 Å². The lowest BCUT2D eigenvalue weighted by atomic mass is 10.1. The zero-order chi connectivity index (χ0) is 16.7. The van der Waals surface area contributed by atoms with Gasteiger partial charge in [0.1, 0.15) is 5.82 Å². The number of amides is 1. The molecule has 0 spiro atoms. The molecule has 0 radical (unpaired) electrons. The number of nitrogens with two attached hydrogens (primary N) is 1. The van der Waals surface area contributed by atoms with E-state index in [0.29, 0.717) is 31.8 Å². The van der Waals surface area contributed by atoms with Crippen LogP contribution < -0.4 is 5.73 Å². The lowest BCUT2D eigenvalue weighted by Gasteiger charge is -2.32. The second-order valence-electron chi connectivity index (χ2n) is 5.88. The van der Waals surface area contributed by atoms with Crippen LogP contribution in [0.3, 0.4) is 0 Å². The highest BCUT2D eigenvalue weighted by atomic mass is 19.1. The van der Waals surface area contributed by atoms with Crippen molar-refractivity contribution in [3.05, 3.63) is 41.2 Å². The number of nitrogens with zero attached hydrogens (tertiary/aromatic N) is 1. The Balaban J connectivity index is 1.85. The molecule has 2 N–H and O–H groups in total. The Bertz CT molecular complexity index is 534. The number of ether oxygens (including phenoxy) is 1. The van der Waals surface area contributed by atoms with Gasteiger partial charge >= 0.3 is 0 Å². The number of hydrogen-bond donors (Lipinski definition) is 1. The second kappa shape index (κ2) is 8.79. The standard InChI is InChI=1S/C18H25FN2O2/c1-14(13-15-3-5-16(19)6-4-15)18(22)21-10-7-17(8-11-21)23-12-2-9-20/h3-6,13,17H,2,7-12,20H2,1H3/b14-13+. The predicted octanol–water partition coefficient (Wildman–Crippen LogP) is 2.59. The maximum atomic E-state index is 12.9. The molecule has 4 nitrogen and oxygen atoms in total. The quantitative estimate of drug-likeness (QED) is 0.647. The summed E-state index contributed by atoms with van der Waals surface area (Å²) in [5.74, 6) is -0.238. The molecule has 1 aromatic rings. The summed E-state index contributed by atoms with van der Waals surface area (Å²) in [6.07, 6.45) is 4.62. The zero-order valence-electron chi connectivity index (χ0n) is 13.6. The number of piperidine rings is 1. The number of likely N-dealkylation sites (tertiary alicyclic amines) is 1. The Morgan fingerprint density at radius 1 is 1.35 bits per heavy atom. The summed E-state index contributed by atoms with van der Waals surface area (Å²) >= 11 is 0. The van der Waals surface area contributed by atoms with Gasteiger partial charge in [0.25, 0.3) is 0 Å². The first-order valence-corrected chi connectivity index (χ1v) is 8.15. The first kappa shape index (κ1) is 17.6. The third-order valence-electron chi connectivity index (χ3n) is 4.02. The van der Waals surface area contributed by atoms with Crippen molar-refractivity contribution in [1.82, 2.24) is 4.90 Å². The molecule has 5 heteroatoms. The molecule has 126 valence electrons. The molecule has 0 unspecified atom stereocenters. The van der Waals surface area contributed by atoms with E-state index in [0.717, 1.165) is 24.8 Å². The molecule has 1 aliphatic rings. The molecule has 2 rings (SSSR count). The van der Waals surface area contributed by atoms with Crippen molar-refractivity contribution in [2.24, 2.45) is 5.73 Å². The first-order chi connectivity index (χ1) is 11.1. The van der Waals surface area contributed by atoms with Gasteiger partial charge in [0, 0.05) is 25.3 Å². The van der Waals surface area contributed by atoms with Crippen LogP contribution in [0.1, 0.15) is 31.7 Å². The summed E-state index contributed by atoms with van der Waals surface area (Å²) in [6, 6.07) is 6.13. The van der Waals surface area contributed by atoms with Crippen LogP contribution in [-0.2, 0) is 9.53 Å². The van der Waals surface area contributed by atoms with Crippen LogP contribution in [0.2, 0.25) is 0 Å². The average Bonchev–Trinajstić information content (AvgIpc) is 2.57. The Kier molecular flexibility index (Phi) is 6.74. The predicted molar refractivity (Wildman–Crippen MR) is 89.3 cm³/mol. The van der Waals surface area contributed by atoms with E-state index in [-0.39, 0.29) is 17.8 Å². The summed E-state index contributed by atoms with van der Waals surface area (Å²) in [6.45, 7) is 4.56. The molecule has 1 aromatic carbocycles. The molecule has 23 heavy (non-hydrogen) atoms. The molecule has 1 heterocycles. The average molecular weight is 320 g/mol. The normalized spacial score (nSPS) is 16.7. The van der Waals surface area contributed by atoms with Gasteiger partial charge in [-0.2, -0.15) is 0 Å². The fraction of sp³-hybridized carbons (Fsp3) is 0.500. The number of hydrogen-bond acceptors (Lipinski definition) is 3. The van der Waals surface area contributed by atoms with Crippen LogP contribution in [0, 0.1) is 5.82 Å². The van der Waals surface area contributed by atoms with Crippen LogP contribution in [0.25, 0.3) is 6.08 Å². The maximum Gasteiger partial charge on any atom is 0.249 e. The third-order valence-corrected chi connectivity index (χ3v) is 4.02. The first-order valence-electron chi connectivity index (χ1n) is 8.15. The van der Waals surface area contributed by atoms with Crippen LogP contribution in [0.15, 0.2) is 29.8 Å². The second-order valence-corrected chi connectivity index (χ2v) is 5.88. The van der Waals surface area contributed by atoms with Gasteiger partial charge in [-0.15, -0.1) is 0 Å². The van der Waals surface area contributed by atoms with Gasteiger partial charge in [0.2, 0.25) is 5.91 Å². The summed E-state index contributed by atoms with van der Waals surface area (Å²) < 4.78 is 18.7. The summed E-state index contributed by atoms with van der Waals surface area (Å²) in [5, 5.41) is 0. The van der Waals surface area contributed by atoms with E-state index in [1.807, 2.05) is 4.90 Å². The van der Waals surface area contributed by atoms with Crippen molar-refractivity contribution in [2.75, 3.05) is 26.2 Å². The van der Waals surface area contributed by atoms with E-state index in [9.17, 15) is 9.18 Å². The minimum atomic E-state index is -0.275. The highest BCUT2D eigenvalue weighted by Crippen LogP contribution is 2.17. The number of rotatable bonds is 6. The van der Waals surface area contributed by atoms with Gasteiger partial charge in [0.05, 0.1) is 6.10 Å². The van der Waals surface area contributed by atoms with Crippen LogP contribution in [0.4, 0.5) is 4.39 Å². The lowest BCUT2D eigenvalue weighted by molar-refractivity contribution is -0.129. The Hall–Kier alpha value is -1.72. The van der Waals surface area contributed by atoms with E-state index >= 15 is 0 Å². The summed E-state index contributed by atoms with van der Waals surface area (Å²) in [4.78, 5) is 14.3. The SMILES string of the molecule is C/C(=C\c1ccc(F)cc1)C(=O)N1CCC(OCCCN)CC1. The summed E-state index contributed by atoms with van der Waals surface area (Å²) in [5.41, 5.74) is 6.95. The fourth-order valence-electron chi connectivity index (χ4n) is 2.68. The fourth-order valence-corrected chi connectivity index (χ4v) is 2.68.